The van der Waals surface area contributed by atoms with Crippen molar-refractivity contribution in [1.29, 1.82) is 0 Å². The van der Waals surface area contributed by atoms with E-state index in [2.05, 4.69) is 26.6 Å². The summed E-state index contributed by atoms with van der Waals surface area (Å²) in [7, 11) is 0. The molecule has 1 aromatic carbocycles. The fraction of sp³-hybridized carbons (Fsp3) is 0.500. The molecule has 2 rings (SSSR count). The van der Waals surface area contributed by atoms with Gasteiger partial charge in [-0.3, -0.25) is 4.79 Å². The topological polar surface area (TPSA) is 41.1 Å². The normalized spacial score (nSPS) is 24.8. The van der Waals surface area contributed by atoms with Gasteiger partial charge in [-0.15, -0.1) is 0 Å². The van der Waals surface area contributed by atoms with Crippen LogP contribution in [-0.4, -0.2) is 18.0 Å². The SMILES string of the molecule is C[C@H](NC(=O)C1(C)CCCN1)c1cccc(Br)c1. The second-order valence-electron chi connectivity index (χ2n) is 5.11. The molecule has 1 amide bonds. The summed E-state index contributed by atoms with van der Waals surface area (Å²) in [5.41, 5.74) is 0.708. The summed E-state index contributed by atoms with van der Waals surface area (Å²) < 4.78 is 1.03. The van der Waals surface area contributed by atoms with Gasteiger partial charge in [0.05, 0.1) is 11.6 Å². The predicted molar refractivity (Wildman–Crippen MR) is 76.3 cm³/mol. The average Bonchev–Trinajstić information content (AvgIpc) is 2.77. The van der Waals surface area contributed by atoms with Crippen molar-refractivity contribution in [2.45, 2.75) is 38.3 Å². The Morgan fingerprint density at radius 1 is 1.56 bits per heavy atom. The van der Waals surface area contributed by atoms with Crippen molar-refractivity contribution in [2.75, 3.05) is 6.54 Å². The van der Waals surface area contributed by atoms with Crippen LogP contribution >= 0.6 is 15.9 Å². The quantitative estimate of drug-likeness (QED) is 0.901. The largest absolute Gasteiger partial charge is 0.348 e. The lowest BCUT2D eigenvalue weighted by Gasteiger charge is -2.26. The zero-order chi connectivity index (χ0) is 13.2. The van der Waals surface area contributed by atoms with E-state index in [-0.39, 0.29) is 11.9 Å². The van der Waals surface area contributed by atoms with Crippen LogP contribution in [0.15, 0.2) is 28.7 Å². The van der Waals surface area contributed by atoms with Gasteiger partial charge in [0.25, 0.3) is 0 Å². The van der Waals surface area contributed by atoms with Gasteiger partial charge in [0, 0.05) is 4.47 Å². The molecule has 1 saturated heterocycles. The maximum Gasteiger partial charge on any atom is 0.240 e. The molecule has 1 aliphatic heterocycles. The number of benzene rings is 1. The minimum absolute atomic E-state index is 0.0224. The summed E-state index contributed by atoms with van der Waals surface area (Å²) in [6, 6.07) is 8.06. The number of hydrogen-bond acceptors (Lipinski definition) is 2. The third-order valence-electron chi connectivity index (χ3n) is 3.57. The van der Waals surface area contributed by atoms with Gasteiger partial charge >= 0.3 is 0 Å². The Bertz CT molecular complexity index is 441. The van der Waals surface area contributed by atoms with E-state index in [4.69, 9.17) is 0 Å². The number of halogens is 1. The monoisotopic (exact) mass is 310 g/mol. The van der Waals surface area contributed by atoms with Crippen LogP contribution in [0.1, 0.15) is 38.3 Å². The summed E-state index contributed by atoms with van der Waals surface area (Å²) in [6.07, 6.45) is 1.97. The first-order valence-corrected chi connectivity index (χ1v) is 7.12. The summed E-state index contributed by atoms with van der Waals surface area (Å²) >= 11 is 3.45. The van der Waals surface area contributed by atoms with E-state index in [0.29, 0.717) is 0 Å². The number of nitrogens with one attached hydrogen (secondary N) is 2. The Morgan fingerprint density at radius 3 is 2.94 bits per heavy atom. The van der Waals surface area contributed by atoms with Gasteiger partial charge in [-0.1, -0.05) is 28.1 Å². The Hall–Kier alpha value is -0.870. The fourth-order valence-electron chi connectivity index (χ4n) is 2.30. The molecule has 0 bridgehead atoms. The second kappa shape index (κ2) is 5.41. The molecule has 1 aromatic rings. The zero-order valence-corrected chi connectivity index (χ0v) is 12.4. The van der Waals surface area contributed by atoms with Crippen LogP contribution in [0.3, 0.4) is 0 Å². The summed E-state index contributed by atoms with van der Waals surface area (Å²) in [5, 5.41) is 6.36. The Balaban J connectivity index is 2.03. The highest BCUT2D eigenvalue weighted by Gasteiger charge is 2.36. The number of carbonyl (C=O) groups is 1. The third kappa shape index (κ3) is 2.93. The van der Waals surface area contributed by atoms with E-state index >= 15 is 0 Å². The van der Waals surface area contributed by atoms with Gasteiger partial charge in [-0.25, -0.2) is 0 Å². The van der Waals surface area contributed by atoms with Crippen LogP contribution in [0.2, 0.25) is 0 Å². The van der Waals surface area contributed by atoms with Crippen molar-refractivity contribution in [3.63, 3.8) is 0 Å². The first-order valence-electron chi connectivity index (χ1n) is 6.33. The maximum absolute atomic E-state index is 12.3. The van der Waals surface area contributed by atoms with Gasteiger partial charge < -0.3 is 10.6 Å². The van der Waals surface area contributed by atoms with Gasteiger partial charge in [0.2, 0.25) is 5.91 Å². The zero-order valence-electron chi connectivity index (χ0n) is 10.8. The molecule has 1 unspecified atom stereocenters. The Kier molecular flexibility index (Phi) is 4.07. The molecule has 1 aliphatic rings. The minimum Gasteiger partial charge on any atom is -0.348 e. The molecule has 0 aliphatic carbocycles. The minimum atomic E-state index is -0.403. The molecule has 3 nitrogen and oxygen atoms in total. The molecular weight excluding hydrogens is 292 g/mol. The molecule has 2 atom stereocenters. The molecule has 0 spiro atoms. The molecule has 4 heteroatoms. The first kappa shape index (κ1) is 13.6. The van der Waals surface area contributed by atoms with Gasteiger partial charge in [0.1, 0.15) is 0 Å². The smallest absolute Gasteiger partial charge is 0.240 e. The van der Waals surface area contributed by atoms with Gasteiger partial charge in [0.15, 0.2) is 0 Å². The van der Waals surface area contributed by atoms with Crippen molar-refractivity contribution in [1.82, 2.24) is 10.6 Å². The average molecular weight is 311 g/mol. The lowest BCUT2D eigenvalue weighted by Crippen LogP contribution is -2.51. The highest BCUT2D eigenvalue weighted by molar-refractivity contribution is 9.10. The van der Waals surface area contributed by atoms with Crippen LogP contribution in [0, 0.1) is 0 Å². The van der Waals surface area contributed by atoms with Gasteiger partial charge in [-0.2, -0.15) is 0 Å². The lowest BCUT2D eigenvalue weighted by molar-refractivity contribution is -0.127. The highest BCUT2D eigenvalue weighted by Crippen LogP contribution is 2.22. The number of hydrogen-bond donors (Lipinski definition) is 2. The van der Waals surface area contributed by atoms with Crippen molar-refractivity contribution < 1.29 is 4.79 Å². The summed E-state index contributed by atoms with van der Waals surface area (Å²) in [4.78, 5) is 12.3. The van der Waals surface area contributed by atoms with Crippen molar-refractivity contribution in [3.8, 4) is 0 Å². The highest BCUT2D eigenvalue weighted by atomic mass is 79.9. The standard InChI is InChI=1S/C14H19BrN2O/c1-10(11-5-3-6-12(15)9-11)17-13(18)14(2)7-4-8-16-14/h3,5-6,9-10,16H,4,7-8H2,1-2H3,(H,17,18)/t10-,14?/m0/s1. The Morgan fingerprint density at radius 2 is 2.33 bits per heavy atom. The second-order valence-corrected chi connectivity index (χ2v) is 6.03. The van der Waals surface area contributed by atoms with E-state index in [1.54, 1.807) is 0 Å². The molecule has 18 heavy (non-hydrogen) atoms. The molecule has 0 radical (unpaired) electrons. The molecule has 0 saturated carbocycles. The maximum atomic E-state index is 12.3. The van der Waals surface area contributed by atoms with E-state index < -0.39 is 5.54 Å². The molecule has 1 fully saturated rings. The molecule has 0 aromatic heterocycles. The summed E-state index contributed by atoms with van der Waals surface area (Å²) in [6.45, 7) is 4.91. The number of carbonyl (C=O) groups excluding carboxylic acids is 1. The Labute approximate surface area is 116 Å². The van der Waals surface area contributed by atoms with E-state index in [0.717, 1.165) is 29.4 Å². The molecule has 1 heterocycles. The van der Waals surface area contributed by atoms with Gasteiger partial charge in [-0.05, 0) is 50.9 Å². The summed E-state index contributed by atoms with van der Waals surface area (Å²) in [5.74, 6) is 0.0903. The van der Waals surface area contributed by atoms with E-state index in [1.807, 2.05) is 38.1 Å². The van der Waals surface area contributed by atoms with Crippen LogP contribution < -0.4 is 10.6 Å². The van der Waals surface area contributed by atoms with Crippen LogP contribution in [0.4, 0.5) is 0 Å². The van der Waals surface area contributed by atoms with E-state index in [1.165, 1.54) is 0 Å². The van der Waals surface area contributed by atoms with Crippen LogP contribution in [-0.2, 0) is 4.79 Å². The van der Waals surface area contributed by atoms with Crippen LogP contribution in [0.25, 0.3) is 0 Å². The first-order chi connectivity index (χ1) is 8.51. The molecule has 2 N–H and O–H groups in total. The van der Waals surface area contributed by atoms with Crippen molar-refractivity contribution in [3.05, 3.63) is 34.3 Å². The fourth-order valence-corrected chi connectivity index (χ4v) is 2.72. The lowest BCUT2D eigenvalue weighted by atomic mass is 9.98. The molecule has 98 valence electrons. The number of rotatable bonds is 3. The predicted octanol–water partition coefficient (Wildman–Crippen LogP) is 2.77. The third-order valence-corrected chi connectivity index (χ3v) is 4.06. The van der Waals surface area contributed by atoms with Crippen molar-refractivity contribution >= 4 is 21.8 Å². The van der Waals surface area contributed by atoms with Crippen molar-refractivity contribution in [2.24, 2.45) is 0 Å². The van der Waals surface area contributed by atoms with Crippen LogP contribution in [0.5, 0.6) is 0 Å². The van der Waals surface area contributed by atoms with E-state index in [9.17, 15) is 4.79 Å². The molecular formula is C14H19BrN2O. The number of amides is 1.